The van der Waals surface area contributed by atoms with Crippen LogP contribution in [-0.4, -0.2) is 28.8 Å². The molecule has 1 fully saturated rings. The molecule has 0 aliphatic heterocycles. The van der Waals surface area contributed by atoms with Crippen molar-refractivity contribution in [3.63, 3.8) is 0 Å². The lowest BCUT2D eigenvalue weighted by Gasteiger charge is -2.17. The molecule has 1 aromatic rings. The van der Waals surface area contributed by atoms with Crippen LogP contribution >= 0.6 is 0 Å². The number of ether oxygens (including phenoxy) is 1. The summed E-state index contributed by atoms with van der Waals surface area (Å²) < 4.78 is 28.0. The van der Waals surface area contributed by atoms with Crippen molar-refractivity contribution in [2.75, 3.05) is 5.32 Å². The first-order valence-electron chi connectivity index (χ1n) is 5.50. The number of nitrogens with zero attached hydrogens (tertiary/aromatic N) is 1. The number of aromatic nitrogens is 1. The Labute approximate surface area is 97.6 Å². The van der Waals surface area contributed by atoms with E-state index in [1.54, 1.807) is 6.07 Å². The van der Waals surface area contributed by atoms with Crippen LogP contribution in [0.3, 0.4) is 0 Å². The van der Waals surface area contributed by atoms with Gasteiger partial charge in [0.15, 0.2) is 0 Å². The number of nitrogens with one attached hydrogen (secondary N) is 1. The molecule has 94 valence electrons. The van der Waals surface area contributed by atoms with Gasteiger partial charge < -0.3 is 15.2 Å². The lowest BCUT2D eigenvalue weighted by atomic mass is 10.2. The van der Waals surface area contributed by atoms with Crippen molar-refractivity contribution >= 4 is 5.82 Å². The number of anilines is 1. The standard InChI is InChI=1S/C11H14F2N2O2/c12-11(13)17-7-4-5-10(14-6-7)15-8-2-1-3-9(8)16/h4-6,8-9,11,16H,1-3H2,(H,14,15)/t8-,9-/m0/s1. The summed E-state index contributed by atoms with van der Waals surface area (Å²) in [5.74, 6) is 0.579. The van der Waals surface area contributed by atoms with Crippen LogP contribution in [0, 0.1) is 0 Å². The second-order valence-electron chi connectivity index (χ2n) is 4.01. The van der Waals surface area contributed by atoms with Crippen LogP contribution < -0.4 is 10.1 Å². The van der Waals surface area contributed by atoms with Crippen molar-refractivity contribution in [2.24, 2.45) is 0 Å². The zero-order valence-electron chi connectivity index (χ0n) is 9.14. The third-order valence-corrected chi connectivity index (χ3v) is 2.77. The number of hydrogen-bond donors (Lipinski definition) is 2. The molecule has 0 saturated heterocycles. The molecule has 2 rings (SSSR count). The van der Waals surface area contributed by atoms with E-state index in [2.05, 4.69) is 15.0 Å². The Morgan fingerprint density at radius 2 is 2.24 bits per heavy atom. The minimum atomic E-state index is -2.84. The van der Waals surface area contributed by atoms with Gasteiger partial charge in [-0.25, -0.2) is 4.98 Å². The fourth-order valence-corrected chi connectivity index (χ4v) is 1.94. The molecule has 4 nitrogen and oxygen atoms in total. The lowest BCUT2D eigenvalue weighted by molar-refractivity contribution is -0.0500. The van der Waals surface area contributed by atoms with Crippen LogP contribution in [0.15, 0.2) is 18.3 Å². The largest absolute Gasteiger partial charge is 0.433 e. The van der Waals surface area contributed by atoms with Crippen LogP contribution in [0.5, 0.6) is 5.75 Å². The first-order valence-corrected chi connectivity index (χ1v) is 5.50. The molecule has 0 radical (unpaired) electrons. The van der Waals surface area contributed by atoms with Gasteiger partial charge in [-0.05, 0) is 31.4 Å². The number of aliphatic hydroxyl groups excluding tert-OH is 1. The number of hydrogen-bond acceptors (Lipinski definition) is 4. The number of rotatable bonds is 4. The maximum Gasteiger partial charge on any atom is 0.387 e. The maximum absolute atomic E-state index is 11.9. The number of aliphatic hydroxyl groups is 1. The predicted molar refractivity (Wildman–Crippen MR) is 58.1 cm³/mol. The molecule has 2 N–H and O–H groups in total. The summed E-state index contributed by atoms with van der Waals surface area (Å²) in [5.41, 5.74) is 0. The van der Waals surface area contributed by atoms with Gasteiger partial charge in [0.05, 0.1) is 18.3 Å². The molecule has 1 aliphatic rings. The van der Waals surface area contributed by atoms with Crippen LogP contribution in [0.1, 0.15) is 19.3 Å². The third-order valence-electron chi connectivity index (χ3n) is 2.77. The van der Waals surface area contributed by atoms with E-state index in [1.165, 1.54) is 12.3 Å². The van der Waals surface area contributed by atoms with E-state index in [4.69, 9.17) is 0 Å². The van der Waals surface area contributed by atoms with Crippen molar-refractivity contribution in [3.8, 4) is 5.75 Å². The number of pyridine rings is 1. The minimum Gasteiger partial charge on any atom is -0.433 e. The quantitative estimate of drug-likeness (QED) is 0.850. The average molecular weight is 244 g/mol. The third kappa shape index (κ3) is 3.26. The van der Waals surface area contributed by atoms with E-state index in [0.29, 0.717) is 5.82 Å². The van der Waals surface area contributed by atoms with Crippen molar-refractivity contribution in [1.82, 2.24) is 4.98 Å². The summed E-state index contributed by atoms with van der Waals surface area (Å²) in [6.07, 6.45) is 3.51. The van der Waals surface area contributed by atoms with Crippen LogP contribution in [0.4, 0.5) is 14.6 Å². The second kappa shape index (κ2) is 5.27. The summed E-state index contributed by atoms with van der Waals surface area (Å²) in [6.45, 7) is -2.84. The first kappa shape index (κ1) is 12.0. The van der Waals surface area contributed by atoms with Crippen molar-refractivity contribution in [2.45, 2.75) is 38.0 Å². The summed E-state index contributed by atoms with van der Waals surface area (Å²) in [6, 6.07) is 2.97. The molecule has 17 heavy (non-hydrogen) atoms. The first-order chi connectivity index (χ1) is 8.15. The number of alkyl halides is 2. The number of halogens is 2. The highest BCUT2D eigenvalue weighted by Gasteiger charge is 2.25. The highest BCUT2D eigenvalue weighted by atomic mass is 19.3. The van der Waals surface area contributed by atoms with Crippen molar-refractivity contribution in [3.05, 3.63) is 18.3 Å². The molecule has 0 bridgehead atoms. The van der Waals surface area contributed by atoms with Crippen molar-refractivity contribution in [1.29, 1.82) is 0 Å². The topological polar surface area (TPSA) is 54.4 Å². The molecule has 2 atom stereocenters. The Kier molecular flexibility index (Phi) is 3.73. The van der Waals surface area contributed by atoms with Gasteiger partial charge in [0.1, 0.15) is 11.6 Å². The van der Waals surface area contributed by atoms with Crippen molar-refractivity contribution < 1.29 is 18.6 Å². The zero-order valence-corrected chi connectivity index (χ0v) is 9.14. The van der Waals surface area contributed by atoms with E-state index < -0.39 is 6.61 Å². The van der Waals surface area contributed by atoms with Gasteiger partial charge in [0.2, 0.25) is 0 Å². The highest BCUT2D eigenvalue weighted by Crippen LogP contribution is 2.23. The Bertz CT molecular complexity index is 359. The monoisotopic (exact) mass is 244 g/mol. The lowest BCUT2D eigenvalue weighted by Crippen LogP contribution is -2.28. The Morgan fingerprint density at radius 3 is 2.76 bits per heavy atom. The average Bonchev–Trinajstić information content (AvgIpc) is 2.67. The molecule has 1 heterocycles. The van der Waals surface area contributed by atoms with E-state index >= 15 is 0 Å². The van der Waals surface area contributed by atoms with E-state index in [0.717, 1.165) is 19.3 Å². The SMILES string of the molecule is O[C@H]1CCC[C@@H]1Nc1ccc(OC(F)F)cn1. The van der Waals surface area contributed by atoms with Gasteiger partial charge in [-0.1, -0.05) is 0 Å². The molecule has 1 aliphatic carbocycles. The normalized spacial score (nSPS) is 24.0. The molecule has 0 amide bonds. The Hall–Kier alpha value is -1.43. The minimum absolute atomic E-state index is 0.00985. The highest BCUT2D eigenvalue weighted by molar-refractivity contribution is 5.39. The zero-order chi connectivity index (χ0) is 12.3. The van der Waals surface area contributed by atoms with Crippen LogP contribution in [0.25, 0.3) is 0 Å². The molecule has 0 spiro atoms. The van der Waals surface area contributed by atoms with E-state index in [9.17, 15) is 13.9 Å². The summed E-state index contributed by atoms with van der Waals surface area (Å²) >= 11 is 0. The van der Waals surface area contributed by atoms with Crippen LogP contribution in [0.2, 0.25) is 0 Å². The summed E-state index contributed by atoms with van der Waals surface area (Å²) in [4.78, 5) is 3.95. The Balaban J connectivity index is 1.93. The van der Waals surface area contributed by atoms with Gasteiger partial charge in [-0.2, -0.15) is 8.78 Å². The summed E-state index contributed by atoms with van der Waals surface area (Å²) in [7, 11) is 0. The predicted octanol–water partition coefficient (Wildman–Crippen LogP) is 2.01. The molecule has 0 unspecified atom stereocenters. The Morgan fingerprint density at radius 1 is 1.41 bits per heavy atom. The van der Waals surface area contributed by atoms with Gasteiger partial charge in [0, 0.05) is 0 Å². The van der Waals surface area contributed by atoms with E-state index in [1.807, 2.05) is 0 Å². The maximum atomic E-state index is 11.9. The fraction of sp³-hybridized carbons (Fsp3) is 0.545. The van der Waals surface area contributed by atoms with Gasteiger partial charge in [-0.15, -0.1) is 0 Å². The molecule has 0 aromatic carbocycles. The van der Waals surface area contributed by atoms with Gasteiger partial charge in [0.25, 0.3) is 0 Å². The van der Waals surface area contributed by atoms with Gasteiger partial charge >= 0.3 is 6.61 Å². The van der Waals surface area contributed by atoms with Gasteiger partial charge in [-0.3, -0.25) is 0 Å². The van der Waals surface area contributed by atoms with E-state index in [-0.39, 0.29) is 17.9 Å². The molecule has 1 saturated carbocycles. The fourth-order valence-electron chi connectivity index (χ4n) is 1.94. The molecule has 6 heteroatoms. The molecular weight excluding hydrogens is 230 g/mol. The van der Waals surface area contributed by atoms with Crippen LogP contribution in [-0.2, 0) is 0 Å². The smallest absolute Gasteiger partial charge is 0.387 e. The summed E-state index contributed by atoms with van der Waals surface area (Å²) in [5, 5.41) is 12.7. The molecule has 1 aromatic heterocycles. The second-order valence-corrected chi connectivity index (χ2v) is 4.01. The molecular formula is C11H14F2N2O2.